The molecule has 0 bridgehead atoms. The molecule has 0 aliphatic rings. The lowest BCUT2D eigenvalue weighted by Crippen LogP contribution is -2.32. The third kappa shape index (κ3) is 5.42. The third-order valence-corrected chi connectivity index (χ3v) is 3.97. The Morgan fingerprint density at radius 2 is 2.00 bits per heavy atom. The van der Waals surface area contributed by atoms with Crippen LogP contribution in [-0.4, -0.2) is 46.0 Å². The first-order valence-corrected chi connectivity index (χ1v) is 7.70. The fourth-order valence-corrected chi connectivity index (χ4v) is 2.62. The molecule has 0 radical (unpaired) electrons. The number of carbonyl (C=O) groups is 1. The summed E-state index contributed by atoms with van der Waals surface area (Å²) < 4.78 is 21.0. The Bertz CT molecular complexity index is 493. The lowest BCUT2D eigenvalue weighted by atomic mass is 9.98. The molecule has 0 aliphatic heterocycles. The Labute approximate surface area is 142 Å². The van der Waals surface area contributed by atoms with Crippen LogP contribution in [0.25, 0.3) is 0 Å². The molecular formula is C16H24ClNO5. The SMILES string of the molecule is COCC(CCCC(OC)(OC)c1cc(Cl)ccn1)C(=O)OC. The zero-order valence-electron chi connectivity index (χ0n) is 14.0. The van der Waals surface area contributed by atoms with Gasteiger partial charge in [-0.15, -0.1) is 0 Å². The van der Waals surface area contributed by atoms with Gasteiger partial charge in [0.05, 0.1) is 19.6 Å². The number of ether oxygens (including phenoxy) is 4. The molecule has 1 aromatic heterocycles. The highest BCUT2D eigenvalue weighted by Gasteiger charge is 2.34. The van der Waals surface area contributed by atoms with Crippen molar-refractivity contribution >= 4 is 17.6 Å². The van der Waals surface area contributed by atoms with Crippen molar-refractivity contribution in [2.24, 2.45) is 5.92 Å². The van der Waals surface area contributed by atoms with E-state index in [9.17, 15) is 4.79 Å². The second-order valence-electron chi connectivity index (χ2n) is 5.09. The number of aromatic nitrogens is 1. The van der Waals surface area contributed by atoms with Crippen LogP contribution in [0.4, 0.5) is 0 Å². The van der Waals surface area contributed by atoms with Crippen molar-refractivity contribution in [3.05, 3.63) is 29.0 Å². The molecule has 0 saturated carbocycles. The Kier molecular flexibility index (Phi) is 8.47. The number of nitrogens with zero attached hydrogens (tertiary/aromatic N) is 1. The minimum Gasteiger partial charge on any atom is -0.469 e. The fraction of sp³-hybridized carbons (Fsp3) is 0.625. The monoisotopic (exact) mass is 345 g/mol. The molecular weight excluding hydrogens is 322 g/mol. The van der Waals surface area contributed by atoms with Crippen LogP contribution in [0, 0.1) is 5.92 Å². The van der Waals surface area contributed by atoms with Gasteiger partial charge in [0.15, 0.2) is 0 Å². The molecule has 1 atom stereocenters. The summed E-state index contributed by atoms with van der Waals surface area (Å²) in [6, 6.07) is 3.40. The largest absolute Gasteiger partial charge is 0.469 e. The molecule has 0 aromatic carbocycles. The van der Waals surface area contributed by atoms with Crippen LogP contribution >= 0.6 is 11.6 Å². The van der Waals surface area contributed by atoms with Gasteiger partial charge in [-0.1, -0.05) is 11.6 Å². The van der Waals surface area contributed by atoms with E-state index in [1.807, 2.05) is 0 Å². The second kappa shape index (κ2) is 9.82. The maximum absolute atomic E-state index is 11.7. The Hall–Kier alpha value is -1.21. The fourth-order valence-electron chi connectivity index (χ4n) is 2.46. The predicted molar refractivity (Wildman–Crippen MR) is 86.2 cm³/mol. The van der Waals surface area contributed by atoms with Crippen molar-refractivity contribution in [2.45, 2.75) is 25.0 Å². The standard InChI is InChI=1S/C16H24ClNO5/c1-20-11-12(15(19)21-2)6-5-8-16(22-3,23-4)14-10-13(17)7-9-18-14/h7,9-10,12H,5-6,8,11H2,1-4H3. The van der Waals surface area contributed by atoms with Crippen molar-refractivity contribution < 1.29 is 23.7 Å². The topological polar surface area (TPSA) is 66.9 Å². The first-order valence-electron chi connectivity index (χ1n) is 7.32. The lowest BCUT2D eigenvalue weighted by Gasteiger charge is -2.30. The van der Waals surface area contributed by atoms with E-state index < -0.39 is 5.79 Å². The summed E-state index contributed by atoms with van der Waals surface area (Å²) in [5, 5.41) is 0.556. The number of esters is 1. The first kappa shape index (κ1) is 19.8. The minimum absolute atomic E-state index is 0.284. The number of methoxy groups -OCH3 is 4. The summed E-state index contributed by atoms with van der Waals surface area (Å²) in [5.74, 6) is -1.60. The van der Waals surface area contributed by atoms with E-state index in [2.05, 4.69) is 4.98 Å². The number of hydrogen-bond acceptors (Lipinski definition) is 6. The van der Waals surface area contributed by atoms with Crippen molar-refractivity contribution in [3.63, 3.8) is 0 Å². The van der Waals surface area contributed by atoms with Crippen molar-refractivity contribution in [1.29, 1.82) is 0 Å². The van der Waals surface area contributed by atoms with Gasteiger partial charge in [0.1, 0.15) is 5.69 Å². The molecule has 130 valence electrons. The number of pyridine rings is 1. The van der Waals surface area contributed by atoms with Gasteiger partial charge in [-0.2, -0.15) is 0 Å². The molecule has 7 heteroatoms. The number of hydrogen-bond donors (Lipinski definition) is 0. The molecule has 1 unspecified atom stereocenters. The summed E-state index contributed by atoms with van der Waals surface area (Å²) in [7, 11) is 6.04. The summed E-state index contributed by atoms with van der Waals surface area (Å²) >= 11 is 6.02. The average Bonchev–Trinajstić information content (AvgIpc) is 2.57. The van der Waals surface area contributed by atoms with Gasteiger partial charge in [-0.05, 0) is 25.0 Å². The van der Waals surface area contributed by atoms with Crippen LogP contribution in [0.3, 0.4) is 0 Å². The molecule has 0 fully saturated rings. The predicted octanol–water partition coefficient (Wildman–Crippen LogP) is 2.79. The Morgan fingerprint density at radius 3 is 2.52 bits per heavy atom. The van der Waals surface area contributed by atoms with Gasteiger partial charge in [-0.3, -0.25) is 9.78 Å². The van der Waals surface area contributed by atoms with E-state index in [0.717, 1.165) is 0 Å². The zero-order valence-corrected chi connectivity index (χ0v) is 14.8. The maximum Gasteiger partial charge on any atom is 0.311 e. The maximum atomic E-state index is 11.7. The normalized spacial score (nSPS) is 12.9. The van der Waals surface area contributed by atoms with Gasteiger partial charge in [0, 0.05) is 39.0 Å². The van der Waals surface area contributed by atoms with Gasteiger partial charge in [-0.25, -0.2) is 0 Å². The van der Waals surface area contributed by atoms with Crippen LogP contribution in [-0.2, 0) is 29.5 Å². The summed E-state index contributed by atoms with van der Waals surface area (Å²) in [6.07, 6.45) is 3.38. The van der Waals surface area contributed by atoms with Crippen LogP contribution in [0.5, 0.6) is 0 Å². The van der Waals surface area contributed by atoms with E-state index in [-0.39, 0.29) is 11.9 Å². The zero-order chi connectivity index (χ0) is 17.3. The second-order valence-corrected chi connectivity index (χ2v) is 5.52. The number of rotatable bonds is 10. The summed E-state index contributed by atoms with van der Waals surface area (Å²) in [5.41, 5.74) is 0.594. The molecule has 23 heavy (non-hydrogen) atoms. The van der Waals surface area contributed by atoms with Gasteiger partial charge in [0.25, 0.3) is 0 Å². The summed E-state index contributed by atoms with van der Waals surface area (Å²) in [4.78, 5) is 16.0. The van der Waals surface area contributed by atoms with Crippen molar-refractivity contribution in [1.82, 2.24) is 4.98 Å². The van der Waals surface area contributed by atoms with Crippen LogP contribution in [0.15, 0.2) is 18.3 Å². The molecule has 1 aromatic rings. The molecule has 1 heterocycles. The van der Waals surface area contributed by atoms with Gasteiger partial charge in [0.2, 0.25) is 5.79 Å². The quantitative estimate of drug-likeness (QED) is 0.480. The molecule has 0 spiro atoms. The Balaban J connectivity index is 2.78. The molecule has 6 nitrogen and oxygen atoms in total. The third-order valence-electron chi connectivity index (χ3n) is 3.73. The highest BCUT2D eigenvalue weighted by atomic mass is 35.5. The highest BCUT2D eigenvalue weighted by Crippen LogP contribution is 2.32. The van der Waals surface area contributed by atoms with Crippen LogP contribution in [0.2, 0.25) is 5.02 Å². The number of carbonyl (C=O) groups excluding carboxylic acids is 1. The molecule has 1 rings (SSSR count). The number of halogens is 1. The smallest absolute Gasteiger partial charge is 0.311 e. The molecule has 0 amide bonds. The highest BCUT2D eigenvalue weighted by molar-refractivity contribution is 6.30. The van der Waals surface area contributed by atoms with E-state index in [1.54, 1.807) is 39.7 Å². The molecule has 0 saturated heterocycles. The van der Waals surface area contributed by atoms with E-state index >= 15 is 0 Å². The van der Waals surface area contributed by atoms with E-state index in [0.29, 0.717) is 36.6 Å². The Morgan fingerprint density at radius 1 is 1.30 bits per heavy atom. The first-order chi connectivity index (χ1) is 11.0. The minimum atomic E-state index is -1.00. The molecule has 0 aliphatic carbocycles. The van der Waals surface area contributed by atoms with E-state index in [1.165, 1.54) is 7.11 Å². The van der Waals surface area contributed by atoms with Crippen molar-refractivity contribution in [3.8, 4) is 0 Å². The van der Waals surface area contributed by atoms with Gasteiger partial charge >= 0.3 is 5.97 Å². The average molecular weight is 346 g/mol. The van der Waals surface area contributed by atoms with E-state index in [4.69, 9.17) is 30.5 Å². The molecule has 0 N–H and O–H groups in total. The van der Waals surface area contributed by atoms with Crippen LogP contribution in [0.1, 0.15) is 25.0 Å². The van der Waals surface area contributed by atoms with Crippen LogP contribution < -0.4 is 0 Å². The summed E-state index contributed by atoms with van der Waals surface area (Å²) in [6.45, 7) is 0.315. The lowest BCUT2D eigenvalue weighted by molar-refractivity contribution is -0.224. The van der Waals surface area contributed by atoms with Gasteiger partial charge < -0.3 is 18.9 Å². The van der Waals surface area contributed by atoms with Crippen molar-refractivity contribution in [2.75, 3.05) is 35.0 Å².